The van der Waals surface area contributed by atoms with Gasteiger partial charge in [0.2, 0.25) is 17.7 Å². The highest BCUT2D eigenvalue weighted by atomic mass is 35.5. The van der Waals surface area contributed by atoms with E-state index in [4.69, 9.17) is 27.8 Å². The van der Waals surface area contributed by atoms with Gasteiger partial charge >= 0.3 is 11.9 Å². The third-order valence-corrected chi connectivity index (χ3v) is 7.39. The molecule has 0 aromatic heterocycles. The molecule has 0 radical (unpaired) electrons. The summed E-state index contributed by atoms with van der Waals surface area (Å²) in [5.41, 5.74) is 13.3. The average Bonchev–Trinajstić information content (AvgIpc) is 3.08. The first-order chi connectivity index (χ1) is 23.9. The monoisotopic (exact) mass is 718 g/mol. The van der Waals surface area contributed by atoms with Crippen LogP contribution in [-0.2, 0) is 30.3 Å². The summed E-state index contributed by atoms with van der Waals surface area (Å²) in [4.78, 5) is 78.8. The zero-order valence-electron chi connectivity index (χ0n) is 27.3. The van der Waals surface area contributed by atoms with Gasteiger partial charge in [-0.1, -0.05) is 60.2 Å². The van der Waals surface area contributed by atoms with E-state index in [1.54, 1.807) is 47.9 Å². The molecule has 2 aromatic carbocycles. The minimum atomic E-state index is -1.42. The summed E-state index contributed by atoms with van der Waals surface area (Å²) in [7, 11) is 0. The summed E-state index contributed by atoms with van der Waals surface area (Å²) in [6.45, 7) is -0.0968. The Morgan fingerprint density at radius 1 is 0.880 bits per heavy atom. The number of hydrogen-bond donors (Lipinski definition) is 7. The number of aliphatic imine (C=N–C) groups is 1. The van der Waals surface area contributed by atoms with Crippen molar-refractivity contribution in [3.63, 3.8) is 0 Å². The lowest BCUT2D eigenvalue weighted by Crippen LogP contribution is -2.57. The molecule has 0 unspecified atom stereocenters. The number of unbranched alkanes of at least 4 members (excludes halogenated alkanes) is 3. The Labute approximate surface area is 293 Å². The van der Waals surface area contributed by atoms with Gasteiger partial charge in [-0.25, -0.2) is 24.7 Å². The van der Waals surface area contributed by atoms with Crippen molar-refractivity contribution >= 4 is 47.2 Å². The second kappa shape index (κ2) is 22.4. The van der Waals surface area contributed by atoms with Crippen molar-refractivity contribution in [3.8, 4) is 0 Å². The maximum absolute atomic E-state index is 13.6. The number of amides is 3. The maximum atomic E-state index is 13.6. The molecule has 2 rings (SSSR count). The van der Waals surface area contributed by atoms with Crippen LogP contribution in [0.1, 0.15) is 60.9 Å². The lowest BCUT2D eigenvalue weighted by Gasteiger charge is -2.25. The number of carbonyl (C=O) groups is 5. The molecular formula is C32H43ClN8O9. The van der Waals surface area contributed by atoms with E-state index in [0.29, 0.717) is 23.6 Å². The van der Waals surface area contributed by atoms with Gasteiger partial charge in [-0.15, -0.1) is 0 Å². The van der Waals surface area contributed by atoms with Crippen molar-refractivity contribution in [2.75, 3.05) is 19.7 Å². The van der Waals surface area contributed by atoms with Crippen LogP contribution in [0.25, 0.3) is 0 Å². The van der Waals surface area contributed by atoms with Crippen LogP contribution in [-0.4, -0.2) is 83.6 Å². The number of esters is 1. The van der Waals surface area contributed by atoms with E-state index in [1.807, 2.05) is 0 Å². The SMILES string of the molecule is NCCCCCCC(=O)N[C@@H](COC(=O)c1ccccc1)C(=O)N[C@H](Cc1ccc(Cl)cc1)C(=O)N[C@@H](CCCN=C(N)N[N+](=O)[O-])C(=O)O. The Kier molecular flexibility index (Phi) is 18.3. The quantitative estimate of drug-likeness (QED) is 0.0225. The molecule has 0 fully saturated rings. The van der Waals surface area contributed by atoms with Crippen LogP contribution in [0, 0.1) is 10.1 Å². The predicted octanol–water partition coefficient (Wildman–Crippen LogP) is 1.06. The number of carboxylic acid groups (broad SMARTS) is 1. The van der Waals surface area contributed by atoms with Gasteiger partial charge in [-0.3, -0.25) is 14.4 Å². The maximum Gasteiger partial charge on any atom is 0.338 e. The molecule has 50 heavy (non-hydrogen) atoms. The lowest BCUT2D eigenvalue weighted by molar-refractivity contribution is -0.525. The Balaban J connectivity index is 2.23. The van der Waals surface area contributed by atoms with E-state index >= 15 is 0 Å². The minimum absolute atomic E-state index is 0.0760. The number of ether oxygens (including phenoxy) is 1. The molecule has 9 N–H and O–H groups in total. The number of nitrogens with two attached hydrogens (primary N) is 2. The second-order valence-corrected chi connectivity index (χ2v) is 11.5. The van der Waals surface area contributed by atoms with Crippen molar-refractivity contribution in [2.45, 2.75) is 69.5 Å². The van der Waals surface area contributed by atoms with Crippen LogP contribution in [0.3, 0.4) is 0 Å². The van der Waals surface area contributed by atoms with E-state index in [9.17, 15) is 39.2 Å². The molecule has 3 atom stereocenters. The number of hydrazine groups is 1. The van der Waals surface area contributed by atoms with Gasteiger partial charge in [0, 0.05) is 24.4 Å². The normalized spacial score (nSPS) is 12.9. The number of nitrogens with one attached hydrogen (secondary N) is 4. The van der Waals surface area contributed by atoms with Gasteiger partial charge in [0.1, 0.15) is 24.7 Å². The molecule has 0 aliphatic carbocycles. The number of halogens is 1. The molecule has 0 spiro atoms. The Morgan fingerprint density at radius 2 is 1.52 bits per heavy atom. The van der Waals surface area contributed by atoms with Gasteiger partial charge in [0.05, 0.1) is 5.56 Å². The fourth-order valence-corrected chi connectivity index (χ4v) is 4.67. The molecule has 0 bridgehead atoms. The van der Waals surface area contributed by atoms with Gasteiger partial charge in [-0.05, 0) is 62.1 Å². The minimum Gasteiger partial charge on any atom is -0.480 e. The summed E-state index contributed by atoms with van der Waals surface area (Å²) in [5.74, 6) is -4.77. The van der Waals surface area contributed by atoms with E-state index in [2.05, 4.69) is 20.9 Å². The van der Waals surface area contributed by atoms with Crippen molar-refractivity contribution < 1.29 is 38.8 Å². The number of aliphatic carboxylic acids is 1. The summed E-state index contributed by atoms with van der Waals surface area (Å²) >= 11 is 6.00. The fraction of sp³-hybridized carbons (Fsp3) is 0.438. The smallest absolute Gasteiger partial charge is 0.338 e. The highest BCUT2D eigenvalue weighted by Gasteiger charge is 2.30. The predicted molar refractivity (Wildman–Crippen MR) is 183 cm³/mol. The van der Waals surface area contributed by atoms with Gasteiger partial charge < -0.3 is 37.3 Å². The number of guanidine groups is 1. The number of benzene rings is 2. The largest absolute Gasteiger partial charge is 0.480 e. The van der Waals surface area contributed by atoms with Crippen LogP contribution >= 0.6 is 11.6 Å². The molecule has 272 valence electrons. The molecule has 0 saturated carbocycles. The van der Waals surface area contributed by atoms with Crippen LogP contribution in [0.4, 0.5) is 0 Å². The topological polar surface area (TPSA) is 270 Å². The number of nitrogens with zero attached hydrogens (tertiary/aromatic N) is 2. The molecule has 0 aliphatic heterocycles. The van der Waals surface area contributed by atoms with Crippen LogP contribution < -0.4 is 32.8 Å². The van der Waals surface area contributed by atoms with Crippen LogP contribution in [0.2, 0.25) is 5.02 Å². The Hall–Kier alpha value is -5.29. The molecule has 2 aromatic rings. The van der Waals surface area contributed by atoms with Crippen molar-refractivity contribution in [3.05, 3.63) is 80.9 Å². The molecule has 0 aliphatic rings. The van der Waals surface area contributed by atoms with E-state index in [1.165, 1.54) is 12.1 Å². The van der Waals surface area contributed by atoms with Crippen molar-refractivity contribution in [1.29, 1.82) is 0 Å². The summed E-state index contributed by atoms with van der Waals surface area (Å²) < 4.78 is 5.35. The highest BCUT2D eigenvalue weighted by Crippen LogP contribution is 2.12. The van der Waals surface area contributed by atoms with Crippen molar-refractivity contribution in [2.24, 2.45) is 16.5 Å². The first-order valence-corrected chi connectivity index (χ1v) is 16.3. The third kappa shape index (κ3) is 16.2. The lowest BCUT2D eigenvalue weighted by atomic mass is 10.0. The molecule has 0 saturated heterocycles. The number of nitro groups is 1. The zero-order valence-corrected chi connectivity index (χ0v) is 28.1. The van der Waals surface area contributed by atoms with E-state index < -0.39 is 65.4 Å². The Morgan fingerprint density at radius 3 is 2.16 bits per heavy atom. The van der Waals surface area contributed by atoms with Crippen LogP contribution in [0.15, 0.2) is 59.6 Å². The molecule has 17 nitrogen and oxygen atoms in total. The van der Waals surface area contributed by atoms with Crippen molar-refractivity contribution in [1.82, 2.24) is 21.4 Å². The zero-order chi connectivity index (χ0) is 36.9. The molecule has 18 heteroatoms. The van der Waals surface area contributed by atoms with E-state index in [-0.39, 0.29) is 37.8 Å². The first kappa shape index (κ1) is 40.9. The van der Waals surface area contributed by atoms with E-state index in [0.717, 1.165) is 19.3 Å². The summed E-state index contributed by atoms with van der Waals surface area (Å²) in [5, 5.41) is 27.3. The van der Waals surface area contributed by atoms with Gasteiger partial charge in [0.15, 0.2) is 5.03 Å². The average molecular weight is 719 g/mol. The molecular weight excluding hydrogens is 676 g/mol. The standard InChI is InChI=1S/C32H43ClN8O9/c33-23-15-13-21(14-16-23)19-25(28(43)38-24(30(45)46)11-8-18-36-32(35)40-41(48)49)39-29(44)26(37-27(42)12-6-1-2-7-17-34)20-50-31(47)22-9-4-3-5-10-22/h3-5,9-10,13-16,24-26H,1-2,6-8,11-12,17-20,34H2,(H,37,42)(H,38,43)(H,39,44)(H,45,46)(H3,35,36,40)/t24-,25+,26-/m0/s1. The number of rotatable bonds is 22. The number of carbonyl (C=O) groups excluding carboxylic acids is 4. The van der Waals surface area contributed by atoms with Gasteiger partial charge in [0.25, 0.3) is 5.96 Å². The third-order valence-electron chi connectivity index (χ3n) is 7.14. The summed E-state index contributed by atoms with van der Waals surface area (Å²) in [6.07, 6.45) is 2.87. The molecule has 0 heterocycles. The fourth-order valence-electron chi connectivity index (χ4n) is 4.54. The van der Waals surface area contributed by atoms with Crippen LogP contribution in [0.5, 0.6) is 0 Å². The highest BCUT2D eigenvalue weighted by molar-refractivity contribution is 6.30. The Bertz CT molecular complexity index is 1460. The summed E-state index contributed by atoms with van der Waals surface area (Å²) in [6, 6.07) is 10.3. The molecule has 3 amide bonds. The van der Waals surface area contributed by atoms with Gasteiger partial charge in [-0.2, -0.15) is 0 Å². The number of hydrogen-bond acceptors (Lipinski definition) is 10. The number of carboxylic acids is 1. The first-order valence-electron chi connectivity index (χ1n) is 15.9. The second-order valence-electron chi connectivity index (χ2n) is 11.1.